The van der Waals surface area contributed by atoms with E-state index in [-0.39, 0.29) is 17.9 Å². The Kier molecular flexibility index (Phi) is 5.76. The highest BCUT2D eigenvalue weighted by Gasteiger charge is 2.08. The van der Waals surface area contributed by atoms with Crippen molar-refractivity contribution in [2.75, 3.05) is 14.2 Å². The monoisotopic (exact) mass is 366 g/mol. The third kappa shape index (κ3) is 4.67. The van der Waals surface area contributed by atoms with Crippen LogP contribution in [-0.2, 0) is 17.8 Å². The number of carbonyl (C=O) groups is 1. The molecule has 6 nitrogen and oxygen atoms in total. The van der Waals surface area contributed by atoms with Crippen LogP contribution in [0.1, 0.15) is 17.5 Å². The van der Waals surface area contributed by atoms with Gasteiger partial charge in [0.25, 0.3) is 5.56 Å². The van der Waals surface area contributed by atoms with Crippen molar-refractivity contribution in [3.63, 3.8) is 0 Å². The van der Waals surface area contributed by atoms with Crippen LogP contribution in [0.2, 0.25) is 0 Å². The lowest BCUT2D eigenvalue weighted by molar-refractivity contribution is -0.121. The van der Waals surface area contributed by atoms with Gasteiger partial charge in [-0.2, -0.15) is 0 Å². The molecule has 0 bridgehead atoms. The lowest BCUT2D eigenvalue weighted by atomic mass is 10.1. The molecule has 2 N–H and O–H groups in total. The Morgan fingerprint density at radius 3 is 2.41 bits per heavy atom. The average molecular weight is 366 g/mol. The summed E-state index contributed by atoms with van der Waals surface area (Å²) < 4.78 is 10.3. The fourth-order valence-corrected chi connectivity index (χ4v) is 2.82. The topological polar surface area (TPSA) is 80.4 Å². The van der Waals surface area contributed by atoms with Gasteiger partial charge in [0.2, 0.25) is 5.91 Å². The lowest BCUT2D eigenvalue weighted by Crippen LogP contribution is -2.24. The second-order valence-corrected chi connectivity index (χ2v) is 6.20. The number of amides is 1. The number of aromatic nitrogens is 1. The highest BCUT2D eigenvalue weighted by Crippen LogP contribution is 2.19. The number of carbonyl (C=O) groups excluding carboxylic acids is 1. The van der Waals surface area contributed by atoms with Gasteiger partial charge in [0.05, 0.1) is 14.2 Å². The summed E-state index contributed by atoms with van der Waals surface area (Å²) in [7, 11) is 3.21. The maximum absolute atomic E-state index is 12.2. The Bertz CT molecular complexity index is 993. The number of benzene rings is 2. The number of hydrogen-bond acceptors (Lipinski definition) is 4. The van der Waals surface area contributed by atoms with E-state index in [0.717, 1.165) is 28.0 Å². The fourth-order valence-electron chi connectivity index (χ4n) is 2.82. The molecule has 6 heteroatoms. The van der Waals surface area contributed by atoms with E-state index in [2.05, 4.69) is 10.3 Å². The van der Waals surface area contributed by atoms with Gasteiger partial charge in [-0.15, -0.1) is 0 Å². The first-order valence-corrected chi connectivity index (χ1v) is 8.68. The molecule has 140 valence electrons. The number of fused-ring (bicyclic) bond motifs is 1. The predicted molar refractivity (Wildman–Crippen MR) is 104 cm³/mol. The van der Waals surface area contributed by atoms with Gasteiger partial charge in [-0.05, 0) is 48.4 Å². The van der Waals surface area contributed by atoms with Crippen molar-refractivity contribution in [3.05, 3.63) is 70.0 Å². The van der Waals surface area contributed by atoms with E-state index in [0.29, 0.717) is 18.5 Å². The van der Waals surface area contributed by atoms with Gasteiger partial charge in [-0.1, -0.05) is 12.1 Å². The first kappa shape index (κ1) is 18.5. The van der Waals surface area contributed by atoms with Crippen molar-refractivity contribution in [3.8, 4) is 11.5 Å². The van der Waals surface area contributed by atoms with Gasteiger partial charge in [0.15, 0.2) is 0 Å². The molecule has 0 atom stereocenters. The van der Waals surface area contributed by atoms with Gasteiger partial charge >= 0.3 is 0 Å². The summed E-state index contributed by atoms with van der Waals surface area (Å²) in [5.74, 6) is 1.39. The zero-order valence-electron chi connectivity index (χ0n) is 15.4. The zero-order chi connectivity index (χ0) is 19.2. The first-order valence-electron chi connectivity index (χ1n) is 8.68. The third-order valence-corrected chi connectivity index (χ3v) is 4.40. The quantitative estimate of drug-likeness (QED) is 0.674. The number of ether oxygens (including phenoxy) is 2. The Hall–Kier alpha value is -3.28. The van der Waals surface area contributed by atoms with E-state index in [1.165, 1.54) is 0 Å². The number of aryl methyl sites for hydroxylation is 1. The van der Waals surface area contributed by atoms with Crippen LogP contribution >= 0.6 is 0 Å². The number of pyridine rings is 1. The minimum Gasteiger partial charge on any atom is -0.497 e. The van der Waals surface area contributed by atoms with E-state index in [1.807, 2.05) is 36.4 Å². The molecular formula is C21H22N2O4. The summed E-state index contributed by atoms with van der Waals surface area (Å²) >= 11 is 0. The molecule has 1 aromatic heterocycles. The van der Waals surface area contributed by atoms with Crippen molar-refractivity contribution in [1.29, 1.82) is 0 Å². The van der Waals surface area contributed by atoms with Gasteiger partial charge in [-0.25, -0.2) is 0 Å². The number of aromatic amines is 1. The second kappa shape index (κ2) is 8.40. The van der Waals surface area contributed by atoms with Gasteiger partial charge < -0.3 is 19.8 Å². The number of rotatable bonds is 7. The molecule has 0 unspecified atom stereocenters. The molecular weight excluding hydrogens is 344 g/mol. The normalized spacial score (nSPS) is 10.6. The molecule has 1 amide bonds. The maximum Gasteiger partial charge on any atom is 0.251 e. The van der Waals surface area contributed by atoms with Crippen molar-refractivity contribution in [2.45, 2.75) is 19.4 Å². The number of hydrogen-bond donors (Lipinski definition) is 2. The summed E-state index contributed by atoms with van der Waals surface area (Å²) in [6.45, 7) is 0.439. The standard InChI is InChI=1S/C21H22N2O4/c1-26-17-6-3-14(4-7-17)13-22-20(24)10-5-15-11-16-12-18(27-2)8-9-19(16)23-21(15)25/h3-4,6-9,11-12H,5,10,13H2,1-2H3,(H,22,24)(H,23,25). The van der Waals surface area contributed by atoms with E-state index in [4.69, 9.17) is 9.47 Å². The van der Waals surface area contributed by atoms with E-state index >= 15 is 0 Å². The van der Waals surface area contributed by atoms with E-state index < -0.39 is 0 Å². The minimum absolute atomic E-state index is 0.101. The zero-order valence-corrected chi connectivity index (χ0v) is 15.4. The number of nitrogens with one attached hydrogen (secondary N) is 2. The van der Waals surface area contributed by atoms with E-state index in [9.17, 15) is 9.59 Å². The maximum atomic E-state index is 12.2. The van der Waals surface area contributed by atoms with Crippen LogP contribution in [0.4, 0.5) is 0 Å². The van der Waals surface area contributed by atoms with Crippen molar-refractivity contribution < 1.29 is 14.3 Å². The highest BCUT2D eigenvalue weighted by atomic mass is 16.5. The molecule has 3 rings (SSSR count). The molecule has 1 heterocycles. The van der Waals surface area contributed by atoms with Crippen molar-refractivity contribution in [2.24, 2.45) is 0 Å². The molecule has 0 saturated heterocycles. The summed E-state index contributed by atoms with van der Waals surface area (Å²) in [6, 6.07) is 14.8. The molecule has 3 aromatic rings. The summed E-state index contributed by atoms with van der Waals surface area (Å²) in [6.07, 6.45) is 0.617. The van der Waals surface area contributed by atoms with Crippen molar-refractivity contribution in [1.82, 2.24) is 10.3 Å². The molecule has 0 spiro atoms. The lowest BCUT2D eigenvalue weighted by Gasteiger charge is -2.07. The van der Waals surface area contributed by atoms with Crippen molar-refractivity contribution >= 4 is 16.8 Å². The minimum atomic E-state index is -0.171. The Morgan fingerprint density at radius 2 is 1.70 bits per heavy atom. The Labute approximate surface area is 157 Å². The van der Waals surface area contributed by atoms with Gasteiger partial charge in [0, 0.05) is 29.4 Å². The van der Waals surface area contributed by atoms with Crippen LogP contribution in [0.3, 0.4) is 0 Å². The first-order chi connectivity index (χ1) is 13.1. The molecule has 27 heavy (non-hydrogen) atoms. The SMILES string of the molecule is COc1ccc(CNC(=O)CCc2cc3cc(OC)ccc3[nH]c2=O)cc1. The molecule has 0 aliphatic carbocycles. The average Bonchev–Trinajstić information content (AvgIpc) is 2.70. The van der Waals surface area contributed by atoms with Crippen LogP contribution in [0.25, 0.3) is 10.9 Å². The smallest absolute Gasteiger partial charge is 0.251 e. The second-order valence-electron chi connectivity index (χ2n) is 6.20. The third-order valence-electron chi connectivity index (χ3n) is 4.40. The molecule has 0 saturated carbocycles. The largest absolute Gasteiger partial charge is 0.497 e. The number of H-pyrrole nitrogens is 1. The molecule has 0 aliphatic rings. The fraction of sp³-hybridized carbons (Fsp3) is 0.238. The molecule has 0 radical (unpaired) electrons. The molecule has 2 aromatic carbocycles. The van der Waals surface area contributed by atoms with Crippen LogP contribution in [0.5, 0.6) is 11.5 Å². The Balaban J connectivity index is 1.60. The van der Waals surface area contributed by atoms with E-state index in [1.54, 1.807) is 26.4 Å². The summed E-state index contributed by atoms with van der Waals surface area (Å²) in [5.41, 5.74) is 2.14. The molecule has 0 aliphatic heterocycles. The summed E-state index contributed by atoms with van der Waals surface area (Å²) in [5, 5.41) is 3.75. The summed E-state index contributed by atoms with van der Waals surface area (Å²) in [4.78, 5) is 27.2. The van der Waals surface area contributed by atoms with Gasteiger partial charge in [-0.3, -0.25) is 9.59 Å². The Morgan fingerprint density at radius 1 is 1.00 bits per heavy atom. The van der Waals surface area contributed by atoms with Crippen LogP contribution in [0.15, 0.2) is 53.3 Å². The van der Waals surface area contributed by atoms with Crippen LogP contribution in [-0.4, -0.2) is 25.1 Å². The van der Waals surface area contributed by atoms with Gasteiger partial charge in [0.1, 0.15) is 11.5 Å². The van der Waals surface area contributed by atoms with Crippen LogP contribution in [0, 0.1) is 0 Å². The highest BCUT2D eigenvalue weighted by molar-refractivity contribution is 5.81. The van der Waals surface area contributed by atoms with Crippen LogP contribution < -0.4 is 20.3 Å². The predicted octanol–water partition coefficient (Wildman–Crippen LogP) is 2.79. The number of methoxy groups -OCH3 is 2. The molecule has 0 fully saturated rings.